The number of alkyl halides is 1. The van der Waals surface area contributed by atoms with E-state index >= 15 is 0 Å². The highest BCUT2D eigenvalue weighted by atomic mass is 127. The molecule has 0 atom stereocenters. The van der Waals surface area contributed by atoms with E-state index in [1.807, 2.05) is 23.9 Å². The van der Waals surface area contributed by atoms with Gasteiger partial charge in [-0.2, -0.15) is 0 Å². The van der Waals surface area contributed by atoms with Crippen molar-refractivity contribution < 1.29 is 21.5 Å². The quantitative estimate of drug-likeness (QED) is 0.181. The van der Waals surface area contributed by atoms with E-state index in [1.165, 1.54) is 5.69 Å². The van der Waals surface area contributed by atoms with E-state index in [0.717, 1.165) is 35.4 Å². The third kappa shape index (κ3) is 5.63. The zero-order valence-corrected chi connectivity index (χ0v) is 20.1. The van der Waals surface area contributed by atoms with Crippen LogP contribution in [-0.4, -0.2) is 27.2 Å². The molecule has 0 aliphatic carbocycles. The Kier molecular flexibility index (Phi) is 8.61. The van der Waals surface area contributed by atoms with E-state index in [1.54, 1.807) is 6.20 Å². The van der Waals surface area contributed by atoms with E-state index in [4.69, 9.17) is 0 Å². The van der Waals surface area contributed by atoms with Crippen LogP contribution in [-0.2, 0) is 18.1 Å². The first-order chi connectivity index (χ1) is 13.1. The lowest BCUT2D eigenvalue weighted by Gasteiger charge is -2.22. The van der Waals surface area contributed by atoms with Gasteiger partial charge in [-0.1, -0.05) is 22.6 Å². The van der Waals surface area contributed by atoms with Gasteiger partial charge in [-0.05, 0) is 37.6 Å². The Labute approximate surface area is 190 Å². The summed E-state index contributed by atoms with van der Waals surface area (Å²) in [5, 5.41) is 8.69. The van der Waals surface area contributed by atoms with Crippen molar-refractivity contribution in [2.45, 2.75) is 24.9 Å². The molecule has 9 heteroatoms. The molecule has 0 bridgehead atoms. The molecular weight excluding hydrogens is 533 g/mol. The molecule has 2 heterocycles. The van der Waals surface area contributed by atoms with E-state index in [0.29, 0.717) is 5.95 Å². The van der Waals surface area contributed by atoms with Crippen LogP contribution >= 0.6 is 22.6 Å². The molecule has 1 aromatic carbocycles. The number of likely N-dealkylation sites (N-methyl/N-ethyl adjacent to an activating group) is 1. The molecule has 28 heavy (non-hydrogen) atoms. The van der Waals surface area contributed by atoms with Crippen LogP contribution in [0.4, 0.5) is 17.3 Å². The van der Waals surface area contributed by atoms with Crippen LogP contribution in [0.25, 0.3) is 0 Å². The summed E-state index contributed by atoms with van der Waals surface area (Å²) in [7, 11) is 2.04. The van der Waals surface area contributed by atoms with Gasteiger partial charge in [0.2, 0.25) is 12.3 Å². The smallest absolute Gasteiger partial charge is 0.250 e. The first-order valence-corrected chi connectivity index (χ1v) is 10.5. The van der Waals surface area contributed by atoms with Crippen LogP contribution in [0.15, 0.2) is 59.5 Å². The van der Waals surface area contributed by atoms with Crippen molar-refractivity contribution in [3.05, 3.63) is 54.9 Å². The average molecular weight is 558 g/mol. The maximum atomic E-state index is 4.39. The number of aryl methyl sites for hydroxylation is 2. The highest BCUT2D eigenvalue weighted by Gasteiger charge is 2.09. The van der Waals surface area contributed by atoms with Crippen LogP contribution in [0.3, 0.4) is 0 Å². The molecule has 150 valence electrons. The second kappa shape index (κ2) is 10.7. The third-order valence-electron chi connectivity index (χ3n) is 4.45. The fourth-order valence-electron chi connectivity index (χ4n) is 2.88. The summed E-state index contributed by atoms with van der Waals surface area (Å²) in [6.45, 7) is 7.12. The minimum Gasteiger partial charge on any atom is -1.00 e. The predicted molar refractivity (Wildman–Crippen MR) is 115 cm³/mol. The van der Waals surface area contributed by atoms with Crippen molar-refractivity contribution in [2.24, 2.45) is 17.3 Å². The van der Waals surface area contributed by atoms with Crippen molar-refractivity contribution in [1.82, 2.24) is 14.1 Å². The maximum absolute atomic E-state index is 4.39. The number of halogens is 2. The molecule has 0 spiro atoms. The summed E-state index contributed by atoms with van der Waals surface area (Å²) < 4.78 is 7.01. The Morgan fingerprint density at radius 2 is 2.07 bits per heavy atom. The fraction of sp³-hybridized carbons (Fsp3) is 0.368. The van der Waals surface area contributed by atoms with Gasteiger partial charge in [-0.25, -0.2) is 14.1 Å². The van der Waals surface area contributed by atoms with Crippen LogP contribution in [0.5, 0.6) is 0 Å². The van der Waals surface area contributed by atoms with Gasteiger partial charge >= 0.3 is 0 Å². The molecule has 7 nitrogen and oxygen atoms in total. The first-order valence-electron chi connectivity index (χ1n) is 8.96. The second-order valence-electron chi connectivity index (χ2n) is 6.38. The standard InChI is InChI=1S/C19H25IN7.BrH/c1-4-26(12-11-25-10-9-24(3)15-25)17-5-6-18(16(2)13-17)22-23-19-21-7-8-27(19)14-20;/h5-10,13,15H,4,11-12,14H2,1-3H3;1H/q+1;/p-1. The van der Waals surface area contributed by atoms with Crippen molar-refractivity contribution in [3.63, 3.8) is 0 Å². The van der Waals surface area contributed by atoms with Crippen LogP contribution in [0.1, 0.15) is 12.5 Å². The lowest BCUT2D eigenvalue weighted by molar-refractivity contribution is -0.671. The van der Waals surface area contributed by atoms with E-state index < -0.39 is 0 Å². The molecule has 2 aromatic heterocycles. The largest absolute Gasteiger partial charge is 1.00 e. The number of imidazole rings is 2. The van der Waals surface area contributed by atoms with Crippen molar-refractivity contribution in [3.8, 4) is 0 Å². The van der Waals surface area contributed by atoms with Gasteiger partial charge in [0, 0.05) is 24.6 Å². The summed E-state index contributed by atoms with van der Waals surface area (Å²) >= 11 is 2.28. The molecular formula is C19H25BrIN7. The molecule has 0 saturated heterocycles. The van der Waals surface area contributed by atoms with Gasteiger partial charge < -0.3 is 26.4 Å². The van der Waals surface area contributed by atoms with Crippen LogP contribution in [0, 0.1) is 6.92 Å². The highest BCUT2D eigenvalue weighted by Crippen LogP contribution is 2.26. The molecule has 0 unspecified atom stereocenters. The number of hydrogen-bond acceptors (Lipinski definition) is 4. The molecule has 3 rings (SSSR count). The Morgan fingerprint density at radius 3 is 2.71 bits per heavy atom. The number of rotatable bonds is 8. The highest BCUT2D eigenvalue weighted by molar-refractivity contribution is 14.1. The Hall–Kier alpha value is -1.75. The normalized spacial score (nSPS) is 11.0. The van der Waals surface area contributed by atoms with Crippen LogP contribution in [0.2, 0.25) is 0 Å². The van der Waals surface area contributed by atoms with Gasteiger partial charge in [0.05, 0.1) is 23.8 Å². The summed E-state index contributed by atoms with van der Waals surface area (Å²) in [5.41, 5.74) is 3.18. The monoisotopic (exact) mass is 557 g/mol. The maximum Gasteiger partial charge on any atom is 0.250 e. The van der Waals surface area contributed by atoms with Crippen molar-refractivity contribution >= 4 is 39.9 Å². The number of benzene rings is 1. The molecule has 0 N–H and O–H groups in total. The minimum atomic E-state index is 0. The van der Waals surface area contributed by atoms with Gasteiger partial charge in [0.1, 0.15) is 18.9 Å². The summed E-state index contributed by atoms with van der Waals surface area (Å²) in [4.78, 5) is 6.60. The van der Waals surface area contributed by atoms with Crippen LogP contribution < -0.4 is 26.4 Å². The second-order valence-corrected chi connectivity index (χ2v) is 7.07. The molecule has 0 fully saturated rings. The van der Waals surface area contributed by atoms with Gasteiger partial charge in [0.25, 0.3) is 0 Å². The SMILES string of the molecule is CCN(CCn1cc[n+](C)c1)c1ccc(N=Nc2nccn2CI)c(C)c1.[Br-]. The van der Waals surface area contributed by atoms with Gasteiger partial charge in [-0.15, -0.1) is 10.2 Å². The minimum absolute atomic E-state index is 0. The molecule has 0 radical (unpaired) electrons. The summed E-state index contributed by atoms with van der Waals surface area (Å²) in [6.07, 6.45) is 9.90. The molecule has 0 saturated carbocycles. The van der Waals surface area contributed by atoms with E-state index in [9.17, 15) is 0 Å². The number of anilines is 1. The lowest BCUT2D eigenvalue weighted by atomic mass is 10.1. The number of nitrogens with zero attached hydrogens (tertiary/aromatic N) is 7. The molecule has 0 aliphatic rings. The third-order valence-corrected chi connectivity index (χ3v) is 5.18. The summed E-state index contributed by atoms with van der Waals surface area (Å²) in [5.74, 6) is 0.628. The predicted octanol–water partition coefficient (Wildman–Crippen LogP) is 1.16. The fourth-order valence-corrected chi connectivity index (χ4v) is 3.42. The van der Waals surface area contributed by atoms with Gasteiger partial charge in [-0.3, -0.25) is 0 Å². The first kappa shape index (κ1) is 22.5. The van der Waals surface area contributed by atoms with Crippen molar-refractivity contribution in [1.29, 1.82) is 0 Å². The topological polar surface area (TPSA) is 54.6 Å². The van der Waals surface area contributed by atoms with Gasteiger partial charge in [0.15, 0.2) is 0 Å². The summed E-state index contributed by atoms with van der Waals surface area (Å²) in [6, 6.07) is 6.33. The molecule has 3 aromatic rings. The zero-order chi connectivity index (χ0) is 19.2. The number of azo groups is 1. The Bertz CT molecular complexity index is 919. The van der Waals surface area contributed by atoms with Crippen molar-refractivity contribution in [2.75, 3.05) is 18.0 Å². The number of hydrogen-bond donors (Lipinski definition) is 0. The van der Waals surface area contributed by atoms with E-state index in [2.05, 4.69) is 96.5 Å². The number of aromatic nitrogens is 4. The Morgan fingerprint density at radius 1 is 1.25 bits per heavy atom. The molecule has 0 aliphatic heterocycles. The Balaban J connectivity index is 0.00000280. The zero-order valence-electron chi connectivity index (χ0n) is 16.3. The van der Waals surface area contributed by atoms with E-state index in [-0.39, 0.29) is 17.0 Å². The molecule has 0 amide bonds. The lowest BCUT2D eigenvalue weighted by Crippen LogP contribution is -3.00. The average Bonchev–Trinajstić information content (AvgIpc) is 3.30.